The van der Waals surface area contributed by atoms with Gasteiger partial charge in [-0.25, -0.2) is 4.39 Å². The maximum absolute atomic E-state index is 13.0. The lowest BCUT2D eigenvalue weighted by Gasteiger charge is -2.23. The Labute approximate surface area is 206 Å². The van der Waals surface area contributed by atoms with E-state index in [-0.39, 0.29) is 31.5 Å². The Kier molecular flexibility index (Phi) is 10.7. The van der Waals surface area contributed by atoms with Gasteiger partial charge in [-0.05, 0) is 48.2 Å². The third-order valence-corrected chi connectivity index (χ3v) is 6.60. The fourth-order valence-corrected chi connectivity index (χ4v) is 4.04. The molecule has 11 heteroatoms. The fourth-order valence-electron chi connectivity index (χ4n) is 3.13. The van der Waals surface area contributed by atoms with Gasteiger partial charge in [0, 0.05) is 20.6 Å². The van der Waals surface area contributed by atoms with Gasteiger partial charge in [0.25, 0.3) is 10.2 Å². The number of halogens is 1. The van der Waals surface area contributed by atoms with Crippen molar-refractivity contribution >= 4 is 16.1 Å². The van der Waals surface area contributed by atoms with Crippen LogP contribution in [0.3, 0.4) is 0 Å². The minimum absolute atomic E-state index is 0.242. The van der Waals surface area contributed by atoms with Crippen LogP contribution < -0.4 is 24.2 Å². The molecule has 2 aromatic carbocycles. The second kappa shape index (κ2) is 13.3. The first-order valence-corrected chi connectivity index (χ1v) is 12.6. The quantitative estimate of drug-likeness (QED) is 0.377. The Morgan fingerprint density at radius 1 is 1.06 bits per heavy atom. The van der Waals surface area contributed by atoms with Crippen molar-refractivity contribution in [3.8, 4) is 17.2 Å². The second-order valence-electron chi connectivity index (χ2n) is 8.27. The molecule has 0 aromatic heterocycles. The molecule has 2 rings (SSSR count). The van der Waals surface area contributed by atoms with Crippen molar-refractivity contribution in [3.63, 3.8) is 0 Å². The maximum atomic E-state index is 13.0. The molecule has 0 aliphatic rings. The maximum Gasteiger partial charge on any atom is 0.279 e. The SMILES string of the molecule is COc1c(CCNC(=O)C(NS(=O)(=O)N(C)C)C(C)C)cccc1OCCOc1ccc(F)cc1. The zero-order valence-electron chi connectivity index (χ0n) is 20.7. The highest BCUT2D eigenvalue weighted by Crippen LogP contribution is 2.31. The first-order valence-electron chi connectivity index (χ1n) is 11.2. The van der Waals surface area contributed by atoms with Crippen molar-refractivity contribution in [2.45, 2.75) is 26.3 Å². The molecule has 0 radical (unpaired) electrons. The summed E-state index contributed by atoms with van der Waals surface area (Å²) in [6.45, 7) is 4.32. The van der Waals surface area contributed by atoms with Crippen molar-refractivity contribution in [1.82, 2.24) is 14.3 Å². The molecule has 0 bridgehead atoms. The summed E-state index contributed by atoms with van der Waals surface area (Å²) in [5, 5.41) is 2.79. The number of ether oxygens (including phenoxy) is 3. The van der Waals surface area contributed by atoms with E-state index in [1.54, 1.807) is 32.0 Å². The molecule has 0 heterocycles. The zero-order valence-corrected chi connectivity index (χ0v) is 21.5. The average Bonchev–Trinajstić information content (AvgIpc) is 2.81. The summed E-state index contributed by atoms with van der Waals surface area (Å²) in [4.78, 5) is 12.7. The number of hydrogen-bond donors (Lipinski definition) is 2. The van der Waals surface area contributed by atoms with Gasteiger partial charge in [-0.2, -0.15) is 17.4 Å². The van der Waals surface area contributed by atoms with Gasteiger partial charge in [0.05, 0.1) is 7.11 Å². The van der Waals surface area contributed by atoms with Gasteiger partial charge in [0.15, 0.2) is 11.5 Å². The summed E-state index contributed by atoms with van der Waals surface area (Å²) in [7, 11) is 0.573. The molecule has 0 fully saturated rings. The van der Waals surface area contributed by atoms with Crippen LogP contribution >= 0.6 is 0 Å². The fraction of sp³-hybridized carbons (Fsp3) is 0.458. The minimum Gasteiger partial charge on any atom is -0.493 e. The number of para-hydroxylation sites is 1. The van der Waals surface area contributed by atoms with Gasteiger partial charge in [-0.1, -0.05) is 26.0 Å². The van der Waals surface area contributed by atoms with Gasteiger partial charge in [0.1, 0.15) is 30.8 Å². The molecule has 2 N–H and O–H groups in total. The van der Waals surface area contributed by atoms with E-state index in [2.05, 4.69) is 10.0 Å². The normalized spacial score (nSPS) is 12.5. The number of carbonyl (C=O) groups excluding carboxylic acids is 1. The predicted molar refractivity (Wildman–Crippen MR) is 131 cm³/mol. The van der Waals surface area contributed by atoms with E-state index in [0.717, 1.165) is 9.87 Å². The first kappa shape index (κ1) is 28.3. The van der Waals surface area contributed by atoms with Crippen LogP contribution in [0.25, 0.3) is 0 Å². The highest BCUT2D eigenvalue weighted by atomic mass is 32.2. The average molecular weight is 512 g/mol. The topological polar surface area (TPSA) is 106 Å². The standard InChI is InChI=1S/C24H34FN3O6S/c1-17(2)22(27-35(30,31)28(3)4)24(29)26-14-13-18-7-6-8-21(23(18)32-5)34-16-15-33-20-11-9-19(25)10-12-20/h6-12,17,22,27H,13-16H2,1-5H3,(H,26,29). The largest absolute Gasteiger partial charge is 0.493 e. The molecule has 194 valence electrons. The molecule has 0 spiro atoms. The lowest BCUT2D eigenvalue weighted by atomic mass is 10.0. The summed E-state index contributed by atoms with van der Waals surface area (Å²) in [5.74, 6) is 0.623. The molecule has 0 aliphatic heterocycles. The van der Waals surface area contributed by atoms with Crippen LogP contribution in [0.4, 0.5) is 4.39 Å². The van der Waals surface area contributed by atoms with Crippen LogP contribution in [0.1, 0.15) is 19.4 Å². The van der Waals surface area contributed by atoms with Crippen LogP contribution in [0.2, 0.25) is 0 Å². The molecule has 35 heavy (non-hydrogen) atoms. The second-order valence-corrected chi connectivity index (χ2v) is 10.2. The van der Waals surface area contributed by atoms with E-state index < -0.39 is 22.2 Å². The van der Waals surface area contributed by atoms with Crippen molar-refractivity contribution in [2.75, 3.05) is 41.0 Å². The summed E-state index contributed by atoms with van der Waals surface area (Å²) >= 11 is 0. The van der Waals surface area contributed by atoms with Crippen molar-refractivity contribution in [2.24, 2.45) is 5.92 Å². The van der Waals surface area contributed by atoms with Crippen molar-refractivity contribution in [3.05, 3.63) is 53.8 Å². The Morgan fingerprint density at radius 3 is 2.31 bits per heavy atom. The van der Waals surface area contributed by atoms with Gasteiger partial charge in [-0.3, -0.25) is 4.79 Å². The van der Waals surface area contributed by atoms with Gasteiger partial charge in [-0.15, -0.1) is 0 Å². The number of hydrogen-bond acceptors (Lipinski definition) is 6. The molecular formula is C24H34FN3O6S. The highest BCUT2D eigenvalue weighted by Gasteiger charge is 2.28. The number of carbonyl (C=O) groups is 1. The number of benzene rings is 2. The van der Waals surface area contributed by atoms with E-state index in [9.17, 15) is 17.6 Å². The molecule has 0 saturated heterocycles. The molecule has 2 aromatic rings. The van der Waals surface area contributed by atoms with Gasteiger partial charge in [0.2, 0.25) is 5.91 Å². The smallest absolute Gasteiger partial charge is 0.279 e. The van der Waals surface area contributed by atoms with E-state index >= 15 is 0 Å². The predicted octanol–water partition coefficient (Wildman–Crippen LogP) is 2.37. The number of nitrogens with zero attached hydrogens (tertiary/aromatic N) is 1. The van der Waals surface area contributed by atoms with Crippen molar-refractivity contribution in [1.29, 1.82) is 0 Å². The number of methoxy groups -OCH3 is 1. The van der Waals surface area contributed by atoms with Crippen LogP contribution in [0, 0.1) is 11.7 Å². The highest BCUT2D eigenvalue weighted by molar-refractivity contribution is 7.87. The molecule has 0 aliphatic carbocycles. The molecule has 0 saturated carbocycles. The van der Waals surface area contributed by atoms with Gasteiger partial charge < -0.3 is 19.5 Å². The van der Waals surface area contributed by atoms with Crippen LogP contribution in [0.15, 0.2) is 42.5 Å². The molecular weight excluding hydrogens is 477 g/mol. The third kappa shape index (κ3) is 8.68. The number of nitrogens with one attached hydrogen (secondary N) is 2. The van der Waals surface area contributed by atoms with Crippen molar-refractivity contribution < 1.29 is 31.8 Å². The summed E-state index contributed by atoms with van der Waals surface area (Å²) in [5.41, 5.74) is 0.819. The minimum atomic E-state index is -3.75. The van der Waals surface area contributed by atoms with Crippen LogP contribution in [-0.4, -0.2) is 65.6 Å². The van der Waals surface area contributed by atoms with E-state index in [4.69, 9.17) is 14.2 Å². The summed E-state index contributed by atoms with van der Waals surface area (Å²) in [6, 6.07) is 10.3. The Balaban J connectivity index is 1.92. The molecule has 1 atom stereocenters. The summed E-state index contributed by atoms with van der Waals surface area (Å²) in [6.07, 6.45) is 0.448. The lowest BCUT2D eigenvalue weighted by molar-refractivity contribution is -0.123. The Hall–Kier alpha value is -2.89. The Bertz CT molecular complexity index is 1060. The number of rotatable bonds is 14. The van der Waals surface area contributed by atoms with E-state index in [1.807, 2.05) is 12.1 Å². The van der Waals surface area contributed by atoms with Crippen LogP contribution in [-0.2, 0) is 21.4 Å². The third-order valence-electron chi connectivity index (χ3n) is 5.09. The molecule has 1 unspecified atom stereocenters. The first-order chi connectivity index (χ1) is 16.5. The monoisotopic (exact) mass is 511 g/mol. The molecule has 9 nitrogen and oxygen atoms in total. The Morgan fingerprint density at radius 2 is 1.71 bits per heavy atom. The lowest BCUT2D eigenvalue weighted by Crippen LogP contribution is -2.52. The van der Waals surface area contributed by atoms with E-state index in [0.29, 0.717) is 23.7 Å². The van der Waals surface area contributed by atoms with Gasteiger partial charge >= 0.3 is 0 Å². The zero-order chi connectivity index (χ0) is 26.0. The number of amides is 1. The molecule has 1 amide bonds. The van der Waals surface area contributed by atoms with Crippen LogP contribution in [0.5, 0.6) is 17.2 Å². The van der Waals surface area contributed by atoms with E-state index in [1.165, 1.54) is 33.3 Å². The summed E-state index contributed by atoms with van der Waals surface area (Å²) < 4.78 is 57.6.